The van der Waals surface area contributed by atoms with Crippen molar-refractivity contribution >= 4 is 11.7 Å². The lowest BCUT2D eigenvalue weighted by Crippen LogP contribution is -2.31. The van der Waals surface area contributed by atoms with E-state index in [1.807, 2.05) is 0 Å². The van der Waals surface area contributed by atoms with Crippen LogP contribution in [0.1, 0.15) is 33.6 Å². The maximum absolute atomic E-state index is 11.7. The first-order valence-corrected chi connectivity index (χ1v) is 5.87. The van der Waals surface area contributed by atoms with Gasteiger partial charge in [-0.1, -0.05) is 20.8 Å². The van der Waals surface area contributed by atoms with E-state index >= 15 is 0 Å². The number of anilines is 1. The van der Waals surface area contributed by atoms with Gasteiger partial charge in [0, 0.05) is 18.5 Å². The quantitative estimate of drug-likeness (QED) is 0.739. The van der Waals surface area contributed by atoms with Gasteiger partial charge in [0.15, 0.2) is 5.82 Å². The summed E-state index contributed by atoms with van der Waals surface area (Å²) < 4.78 is 0. The number of carbonyl (C=O) groups excluding carboxylic acids is 1. The summed E-state index contributed by atoms with van der Waals surface area (Å²) in [5, 5.41) is 8.52. The minimum atomic E-state index is -0.308. The van der Waals surface area contributed by atoms with Crippen LogP contribution in [0.25, 0.3) is 0 Å². The Morgan fingerprint density at radius 2 is 2.17 bits per heavy atom. The lowest BCUT2D eigenvalue weighted by Gasteiger charge is -2.22. The number of nitrogens with one attached hydrogen (secondary N) is 2. The van der Waals surface area contributed by atoms with Crippen LogP contribution in [-0.2, 0) is 4.79 Å². The van der Waals surface area contributed by atoms with Crippen molar-refractivity contribution in [1.29, 1.82) is 0 Å². The van der Waals surface area contributed by atoms with Gasteiger partial charge in [0.05, 0.1) is 0 Å². The monoisotopic (exact) mass is 252 g/mol. The molecule has 100 valence electrons. The fraction of sp³-hybridized carbons (Fsp3) is 0.583. The van der Waals surface area contributed by atoms with Crippen LogP contribution < -0.4 is 16.6 Å². The minimum absolute atomic E-state index is 0.0932. The Bertz CT molecular complexity index is 441. The number of carbonyl (C=O) groups is 1. The van der Waals surface area contributed by atoms with E-state index in [4.69, 9.17) is 5.73 Å². The van der Waals surface area contributed by atoms with E-state index < -0.39 is 0 Å². The summed E-state index contributed by atoms with van der Waals surface area (Å²) in [5.41, 5.74) is 5.68. The highest BCUT2D eigenvalue weighted by Crippen LogP contribution is 2.21. The standard InChI is InChI=1S/C12H20N4O2/c1-12(2,3)7-8(13)6-11(18)14-9-4-5-10(17)16-15-9/h4-5,8H,6-7,13H2,1-3H3,(H,16,17)(H,14,15,18). The number of aromatic amines is 1. The third kappa shape index (κ3) is 5.58. The molecule has 1 amide bonds. The molecular formula is C12H20N4O2. The van der Waals surface area contributed by atoms with Gasteiger partial charge in [0.2, 0.25) is 5.91 Å². The van der Waals surface area contributed by atoms with Crippen molar-refractivity contribution < 1.29 is 4.79 Å². The summed E-state index contributed by atoms with van der Waals surface area (Å²) in [6, 6.07) is 2.57. The van der Waals surface area contributed by atoms with E-state index in [1.165, 1.54) is 12.1 Å². The Morgan fingerprint density at radius 3 is 2.67 bits per heavy atom. The van der Waals surface area contributed by atoms with E-state index in [-0.39, 0.29) is 29.3 Å². The van der Waals surface area contributed by atoms with Crippen LogP contribution >= 0.6 is 0 Å². The van der Waals surface area contributed by atoms with Gasteiger partial charge in [-0.05, 0) is 17.9 Å². The molecule has 6 heteroatoms. The molecule has 0 radical (unpaired) electrons. The van der Waals surface area contributed by atoms with Crippen molar-refractivity contribution in [3.63, 3.8) is 0 Å². The zero-order valence-corrected chi connectivity index (χ0v) is 11.0. The van der Waals surface area contributed by atoms with Crippen molar-refractivity contribution in [2.45, 2.75) is 39.7 Å². The largest absolute Gasteiger partial charge is 0.327 e. The molecular weight excluding hydrogens is 232 g/mol. The Kier molecular flexibility index (Phi) is 4.61. The maximum atomic E-state index is 11.7. The van der Waals surface area contributed by atoms with Crippen LogP contribution in [0, 0.1) is 5.41 Å². The third-order valence-electron chi connectivity index (χ3n) is 2.27. The number of amides is 1. The summed E-state index contributed by atoms with van der Waals surface area (Å²) in [7, 11) is 0. The van der Waals surface area contributed by atoms with Crippen molar-refractivity contribution in [2.24, 2.45) is 11.1 Å². The molecule has 0 fully saturated rings. The first kappa shape index (κ1) is 14.4. The predicted molar refractivity (Wildman–Crippen MR) is 70.2 cm³/mol. The molecule has 1 rings (SSSR count). The second-order valence-corrected chi connectivity index (χ2v) is 5.58. The molecule has 6 nitrogen and oxygen atoms in total. The Morgan fingerprint density at radius 1 is 1.50 bits per heavy atom. The number of hydrogen-bond acceptors (Lipinski definition) is 4. The molecule has 0 aliphatic carbocycles. The summed E-state index contributed by atoms with van der Waals surface area (Å²) in [6.45, 7) is 6.23. The van der Waals surface area contributed by atoms with E-state index in [2.05, 4.69) is 36.3 Å². The van der Waals surface area contributed by atoms with Crippen LogP contribution in [0.3, 0.4) is 0 Å². The number of nitrogens with zero attached hydrogens (tertiary/aromatic N) is 1. The second kappa shape index (κ2) is 5.77. The van der Waals surface area contributed by atoms with Gasteiger partial charge < -0.3 is 11.1 Å². The van der Waals surface area contributed by atoms with Crippen LogP contribution in [-0.4, -0.2) is 22.1 Å². The zero-order valence-electron chi connectivity index (χ0n) is 11.0. The van der Waals surface area contributed by atoms with Gasteiger partial charge in [-0.25, -0.2) is 5.10 Å². The van der Waals surface area contributed by atoms with Crippen LogP contribution in [0.2, 0.25) is 0 Å². The Labute approximate surface area is 106 Å². The van der Waals surface area contributed by atoms with Crippen molar-refractivity contribution in [2.75, 3.05) is 5.32 Å². The van der Waals surface area contributed by atoms with E-state index in [9.17, 15) is 9.59 Å². The lowest BCUT2D eigenvalue weighted by atomic mass is 9.87. The molecule has 1 aromatic heterocycles. The molecule has 0 aliphatic heterocycles. The van der Waals surface area contributed by atoms with E-state index in [0.717, 1.165) is 6.42 Å². The van der Waals surface area contributed by atoms with Crippen molar-refractivity contribution in [3.05, 3.63) is 22.5 Å². The minimum Gasteiger partial charge on any atom is -0.327 e. The predicted octanol–water partition coefficient (Wildman–Crippen LogP) is 0.862. The molecule has 0 aliphatic rings. The van der Waals surface area contributed by atoms with Crippen molar-refractivity contribution in [1.82, 2.24) is 10.2 Å². The molecule has 1 atom stereocenters. The number of aromatic nitrogens is 2. The van der Waals surface area contributed by atoms with Crippen LogP contribution in [0.5, 0.6) is 0 Å². The van der Waals surface area contributed by atoms with Gasteiger partial charge in [0.1, 0.15) is 0 Å². The maximum Gasteiger partial charge on any atom is 0.264 e. The van der Waals surface area contributed by atoms with Gasteiger partial charge in [-0.2, -0.15) is 5.10 Å². The zero-order chi connectivity index (χ0) is 13.8. The molecule has 1 heterocycles. The normalized spacial score (nSPS) is 13.1. The Balaban J connectivity index is 2.47. The molecule has 0 saturated carbocycles. The number of H-pyrrole nitrogens is 1. The molecule has 0 spiro atoms. The average molecular weight is 252 g/mol. The van der Waals surface area contributed by atoms with Crippen LogP contribution in [0.4, 0.5) is 5.82 Å². The van der Waals surface area contributed by atoms with Crippen molar-refractivity contribution in [3.8, 4) is 0 Å². The topological polar surface area (TPSA) is 101 Å². The number of hydrogen-bond donors (Lipinski definition) is 3. The summed E-state index contributed by atoms with van der Waals surface area (Å²) in [5.74, 6) is 0.119. The van der Waals surface area contributed by atoms with Gasteiger partial charge >= 0.3 is 0 Å². The first-order chi connectivity index (χ1) is 8.26. The van der Waals surface area contributed by atoms with E-state index in [1.54, 1.807) is 0 Å². The smallest absolute Gasteiger partial charge is 0.264 e. The highest BCUT2D eigenvalue weighted by molar-refractivity contribution is 5.89. The third-order valence-corrected chi connectivity index (χ3v) is 2.27. The van der Waals surface area contributed by atoms with Gasteiger partial charge in [-0.15, -0.1) is 0 Å². The highest BCUT2D eigenvalue weighted by atomic mass is 16.2. The molecule has 0 aromatic carbocycles. The van der Waals surface area contributed by atoms with Gasteiger partial charge in [0.25, 0.3) is 5.56 Å². The van der Waals surface area contributed by atoms with Gasteiger partial charge in [-0.3, -0.25) is 9.59 Å². The summed E-state index contributed by atoms with van der Waals surface area (Å²) >= 11 is 0. The fourth-order valence-electron chi connectivity index (χ4n) is 1.70. The Hall–Kier alpha value is -1.69. The summed E-state index contributed by atoms with van der Waals surface area (Å²) in [4.78, 5) is 22.5. The number of nitrogens with two attached hydrogens (primary N) is 1. The molecule has 18 heavy (non-hydrogen) atoms. The second-order valence-electron chi connectivity index (χ2n) is 5.58. The molecule has 0 bridgehead atoms. The SMILES string of the molecule is CC(C)(C)CC(N)CC(=O)Nc1ccc(=O)[nH]n1. The molecule has 0 saturated heterocycles. The lowest BCUT2D eigenvalue weighted by molar-refractivity contribution is -0.116. The average Bonchev–Trinajstić information content (AvgIpc) is 2.18. The first-order valence-electron chi connectivity index (χ1n) is 5.87. The molecule has 1 unspecified atom stereocenters. The highest BCUT2D eigenvalue weighted by Gasteiger charge is 2.18. The summed E-state index contributed by atoms with van der Waals surface area (Å²) in [6.07, 6.45) is 0.998. The van der Waals surface area contributed by atoms with Crippen LogP contribution in [0.15, 0.2) is 16.9 Å². The fourth-order valence-corrected chi connectivity index (χ4v) is 1.70. The van der Waals surface area contributed by atoms with E-state index in [0.29, 0.717) is 5.82 Å². The number of rotatable bonds is 4. The molecule has 1 aromatic rings. The molecule has 4 N–H and O–H groups in total.